The maximum Gasteiger partial charge on any atom is 0.237 e. The van der Waals surface area contributed by atoms with Crippen molar-refractivity contribution >= 4 is 23.4 Å². The molecule has 0 atom stereocenters. The number of nitrogen functional groups attached to an aromatic ring is 1. The van der Waals surface area contributed by atoms with Crippen LogP contribution < -0.4 is 5.84 Å². The summed E-state index contributed by atoms with van der Waals surface area (Å²) in [7, 11) is 0. The number of nitrogens with two attached hydrogens (primary N) is 1. The summed E-state index contributed by atoms with van der Waals surface area (Å²) in [6, 6.07) is 15.5. The molecule has 2 aromatic heterocycles. The van der Waals surface area contributed by atoms with Crippen molar-refractivity contribution < 1.29 is 4.52 Å². The summed E-state index contributed by atoms with van der Waals surface area (Å²) in [5.41, 5.74) is 2.90. The van der Waals surface area contributed by atoms with E-state index in [2.05, 4.69) is 39.4 Å². The number of benzene rings is 2. The van der Waals surface area contributed by atoms with Gasteiger partial charge in [0.2, 0.25) is 16.9 Å². The van der Waals surface area contributed by atoms with E-state index in [0.29, 0.717) is 33.5 Å². The van der Waals surface area contributed by atoms with Crippen LogP contribution in [0.1, 0.15) is 18.4 Å². The van der Waals surface area contributed by atoms with Gasteiger partial charge >= 0.3 is 0 Å². The topological polar surface area (TPSA) is 95.7 Å². The fourth-order valence-corrected chi connectivity index (χ4v) is 3.56. The minimum absolute atomic E-state index is 0.428. The van der Waals surface area contributed by atoms with Crippen LogP contribution in [0.25, 0.3) is 22.8 Å². The Morgan fingerprint density at radius 2 is 1.89 bits per heavy atom. The standard InChI is InChI=1S/C19H17ClN6OS/c1-2-12-7-9-13(10-8-12)17-22-16(27-25-17)11-28-19-24-23-18(26(19)21)14-5-3-4-6-15(14)20/h3-10H,2,11,21H2,1H3. The lowest BCUT2D eigenvalue weighted by atomic mass is 10.1. The Labute approximate surface area is 170 Å². The smallest absolute Gasteiger partial charge is 0.237 e. The van der Waals surface area contributed by atoms with Gasteiger partial charge in [0.15, 0.2) is 5.82 Å². The minimum Gasteiger partial charge on any atom is -0.338 e. The van der Waals surface area contributed by atoms with Crippen LogP contribution in [-0.4, -0.2) is 25.0 Å². The van der Waals surface area contributed by atoms with Gasteiger partial charge in [0.25, 0.3) is 0 Å². The molecule has 2 aromatic carbocycles. The van der Waals surface area contributed by atoms with Crippen molar-refractivity contribution in [3.8, 4) is 22.8 Å². The molecular weight excluding hydrogens is 396 g/mol. The summed E-state index contributed by atoms with van der Waals surface area (Å²) < 4.78 is 6.76. The maximum atomic E-state index is 6.22. The van der Waals surface area contributed by atoms with E-state index in [9.17, 15) is 0 Å². The van der Waals surface area contributed by atoms with Crippen molar-refractivity contribution in [3.05, 3.63) is 65.0 Å². The average Bonchev–Trinajstić information content (AvgIpc) is 3.34. The van der Waals surface area contributed by atoms with Crippen LogP contribution in [0.15, 0.2) is 58.2 Å². The molecule has 0 aliphatic rings. The van der Waals surface area contributed by atoms with Crippen LogP contribution in [0, 0.1) is 0 Å². The van der Waals surface area contributed by atoms with Crippen LogP contribution in [-0.2, 0) is 12.2 Å². The fourth-order valence-electron chi connectivity index (χ4n) is 2.65. The van der Waals surface area contributed by atoms with Gasteiger partial charge in [-0.25, -0.2) is 4.68 Å². The van der Waals surface area contributed by atoms with E-state index in [0.717, 1.165) is 17.5 Å². The van der Waals surface area contributed by atoms with Crippen LogP contribution in [0.2, 0.25) is 5.02 Å². The van der Waals surface area contributed by atoms with Gasteiger partial charge in [-0.1, -0.05) is 71.8 Å². The molecular formula is C19H17ClN6OS. The first-order valence-corrected chi connectivity index (χ1v) is 10.0. The lowest BCUT2D eigenvalue weighted by Crippen LogP contribution is -2.11. The monoisotopic (exact) mass is 412 g/mol. The van der Waals surface area contributed by atoms with Crippen molar-refractivity contribution in [2.24, 2.45) is 0 Å². The number of hydrogen-bond acceptors (Lipinski definition) is 7. The number of hydrogen-bond donors (Lipinski definition) is 1. The molecule has 0 fully saturated rings. The van der Waals surface area contributed by atoms with E-state index >= 15 is 0 Å². The van der Waals surface area contributed by atoms with Crippen molar-refractivity contribution in [1.82, 2.24) is 25.0 Å². The molecule has 2 N–H and O–H groups in total. The van der Waals surface area contributed by atoms with Crippen LogP contribution in [0.3, 0.4) is 0 Å². The first-order chi connectivity index (χ1) is 13.7. The molecule has 7 nitrogen and oxygen atoms in total. The van der Waals surface area contributed by atoms with E-state index in [1.807, 2.05) is 30.3 Å². The Morgan fingerprint density at radius 1 is 1.11 bits per heavy atom. The number of aryl methyl sites for hydroxylation is 1. The highest BCUT2D eigenvalue weighted by Crippen LogP contribution is 2.28. The lowest BCUT2D eigenvalue weighted by Gasteiger charge is -2.04. The third-order valence-corrected chi connectivity index (χ3v) is 5.45. The fraction of sp³-hybridized carbons (Fsp3) is 0.158. The number of thioether (sulfide) groups is 1. The van der Waals surface area contributed by atoms with Gasteiger partial charge < -0.3 is 10.4 Å². The summed E-state index contributed by atoms with van der Waals surface area (Å²) in [6.45, 7) is 2.12. The normalized spacial score (nSPS) is 11.1. The Balaban J connectivity index is 1.47. The summed E-state index contributed by atoms with van der Waals surface area (Å²) >= 11 is 7.58. The van der Waals surface area contributed by atoms with E-state index in [1.165, 1.54) is 22.0 Å². The zero-order valence-electron chi connectivity index (χ0n) is 15.0. The molecule has 0 spiro atoms. The van der Waals surface area contributed by atoms with E-state index in [1.54, 1.807) is 6.07 Å². The molecule has 0 aliphatic heterocycles. The van der Waals surface area contributed by atoms with Gasteiger partial charge in [0, 0.05) is 11.1 Å². The molecule has 0 amide bonds. The van der Waals surface area contributed by atoms with E-state index < -0.39 is 0 Å². The van der Waals surface area contributed by atoms with E-state index in [-0.39, 0.29) is 0 Å². The Hall–Kier alpha value is -2.84. The highest BCUT2D eigenvalue weighted by atomic mass is 35.5. The summed E-state index contributed by atoms with van der Waals surface area (Å²) in [4.78, 5) is 4.44. The molecule has 0 saturated carbocycles. The number of aromatic nitrogens is 5. The molecule has 0 radical (unpaired) electrons. The SMILES string of the molecule is CCc1ccc(-c2noc(CSc3nnc(-c4ccccc4Cl)n3N)n2)cc1. The largest absolute Gasteiger partial charge is 0.338 e. The van der Waals surface area contributed by atoms with Crippen molar-refractivity contribution in [1.29, 1.82) is 0 Å². The Kier molecular flexibility index (Phi) is 5.31. The minimum atomic E-state index is 0.428. The van der Waals surface area contributed by atoms with Gasteiger partial charge in [-0.05, 0) is 24.1 Å². The lowest BCUT2D eigenvalue weighted by molar-refractivity contribution is 0.391. The second kappa shape index (κ2) is 8.04. The first kappa shape index (κ1) is 18.5. The van der Waals surface area contributed by atoms with Crippen LogP contribution in [0.5, 0.6) is 0 Å². The summed E-state index contributed by atoms with van der Waals surface area (Å²) in [5.74, 6) is 8.11. The molecule has 28 heavy (non-hydrogen) atoms. The second-order valence-electron chi connectivity index (χ2n) is 6.01. The Morgan fingerprint density at radius 3 is 2.64 bits per heavy atom. The van der Waals surface area contributed by atoms with Crippen molar-refractivity contribution in [3.63, 3.8) is 0 Å². The summed E-state index contributed by atoms with van der Waals surface area (Å²) in [6.07, 6.45) is 0.990. The molecule has 4 aromatic rings. The molecule has 0 bridgehead atoms. The van der Waals surface area contributed by atoms with Gasteiger partial charge in [-0.3, -0.25) is 0 Å². The van der Waals surface area contributed by atoms with Gasteiger partial charge in [-0.15, -0.1) is 10.2 Å². The number of rotatable bonds is 6. The zero-order chi connectivity index (χ0) is 19.5. The molecule has 0 unspecified atom stereocenters. The predicted molar refractivity (Wildman–Crippen MR) is 109 cm³/mol. The van der Waals surface area contributed by atoms with Crippen LogP contribution >= 0.6 is 23.4 Å². The Bertz CT molecular complexity index is 1090. The quantitative estimate of drug-likeness (QED) is 0.374. The third-order valence-electron chi connectivity index (χ3n) is 4.19. The highest BCUT2D eigenvalue weighted by molar-refractivity contribution is 7.98. The van der Waals surface area contributed by atoms with Gasteiger partial charge in [0.1, 0.15) is 0 Å². The van der Waals surface area contributed by atoms with Gasteiger partial charge in [-0.2, -0.15) is 4.98 Å². The third kappa shape index (κ3) is 3.74. The molecule has 142 valence electrons. The number of halogens is 1. The van der Waals surface area contributed by atoms with Gasteiger partial charge in [0.05, 0.1) is 10.8 Å². The average molecular weight is 413 g/mol. The highest BCUT2D eigenvalue weighted by Gasteiger charge is 2.16. The van der Waals surface area contributed by atoms with Crippen molar-refractivity contribution in [2.75, 3.05) is 5.84 Å². The molecule has 9 heteroatoms. The van der Waals surface area contributed by atoms with Crippen LogP contribution in [0.4, 0.5) is 0 Å². The summed E-state index contributed by atoms with van der Waals surface area (Å²) in [5, 5.41) is 13.4. The van der Waals surface area contributed by atoms with Crippen molar-refractivity contribution in [2.45, 2.75) is 24.3 Å². The zero-order valence-corrected chi connectivity index (χ0v) is 16.6. The number of nitrogens with zero attached hydrogens (tertiary/aromatic N) is 5. The first-order valence-electron chi connectivity index (χ1n) is 8.65. The molecule has 0 aliphatic carbocycles. The second-order valence-corrected chi connectivity index (χ2v) is 7.36. The van der Waals surface area contributed by atoms with E-state index in [4.69, 9.17) is 22.0 Å². The predicted octanol–water partition coefficient (Wildman–Crippen LogP) is 4.22. The maximum absolute atomic E-state index is 6.22. The molecule has 0 saturated heterocycles. The molecule has 2 heterocycles. The molecule has 4 rings (SSSR count).